The third-order valence-electron chi connectivity index (χ3n) is 2.89. The Kier molecular flexibility index (Phi) is 3.14. The standard InChI is InChI=1S/C11H11F4N/c12-7-5-8(13)11(15)9(10(7)14)6-1-3-16-4-2-6/h5-6,16H,1-4H2. The van der Waals surface area contributed by atoms with E-state index in [1.54, 1.807) is 0 Å². The molecule has 0 radical (unpaired) electrons. The first-order valence-electron chi connectivity index (χ1n) is 5.15. The summed E-state index contributed by atoms with van der Waals surface area (Å²) in [5, 5.41) is 3.02. The SMILES string of the molecule is Fc1cc(F)c(F)c(C2CCNCC2)c1F. The zero-order valence-corrected chi connectivity index (χ0v) is 8.49. The summed E-state index contributed by atoms with van der Waals surface area (Å²) in [6.07, 6.45) is 0.966. The number of nitrogens with one attached hydrogen (secondary N) is 1. The summed E-state index contributed by atoms with van der Waals surface area (Å²) in [4.78, 5) is 0. The molecule has 1 nitrogen and oxygen atoms in total. The van der Waals surface area contributed by atoms with E-state index in [0.717, 1.165) is 0 Å². The molecule has 1 aliphatic rings. The van der Waals surface area contributed by atoms with E-state index in [2.05, 4.69) is 5.32 Å². The highest BCUT2D eigenvalue weighted by atomic mass is 19.2. The maximum absolute atomic E-state index is 13.4. The summed E-state index contributed by atoms with van der Waals surface area (Å²) in [7, 11) is 0. The lowest BCUT2D eigenvalue weighted by Gasteiger charge is -2.23. The second kappa shape index (κ2) is 4.41. The van der Waals surface area contributed by atoms with Gasteiger partial charge in [-0.2, -0.15) is 0 Å². The van der Waals surface area contributed by atoms with Crippen molar-refractivity contribution in [2.45, 2.75) is 18.8 Å². The minimum atomic E-state index is -1.33. The molecule has 0 spiro atoms. The first-order chi connectivity index (χ1) is 7.61. The molecule has 1 aromatic rings. The first-order valence-corrected chi connectivity index (χ1v) is 5.15. The molecule has 1 N–H and O–H groups in total. The van der Waals surface area contributed by atoms with Gasteiger partial charge in [0.25, 0.3) is 0 Å². The Balaban J connectivity index is 2.45. The van der Waals surface area contributed by atoms with Crippen molar-refractivity contribution in [3.05, 3.63) is 34.9 Å². The van der Waals surface area contributed by atoms with Gasteiger partial charge in [-0.3, -0.25) is 0 Å². The summed E-state index contributed by atoms with van der Waals surface area (Å²) < 4.78 is 52.8. The van der Waals surface area contributed by atoms with E-state index in [0.29, 0.717) is 25.9 Å². The van der Waals surface area contributed by atoms with E-state index in [4.69, 9.17) is 0 Å². The van der Waals surface area contributed by atoms with Gasteiger partial charge in [0, 0.05) is 11.6 Å². The smallest absolute Gasteiger partial charge is 0.165 e. The zero-order chi connectivity index (χ0) is 11.7. The molecular weight excluding hydrogens is 222 g/mol. The van der Waals surface area contributed by atoms with Gasteiger partial charge in [-0.15, -0.1) is 0 Å². The average Bonchev–Trinajstić information content (AvgIpc) is 2.28. The van der Waals surface area contributed by atoms with Gasteiger partial charge in [0.15, 0.2) is 23.3 Å². The summed E-state index contributed by atoms with van der Waals surface area (Å²) >= 11 is 0. The van der Waals surface area contributed by atoms with E-state index in [-0.39, 0.29) is 6.07 Å². The molecule has 0 amide bonds. The summed E-state index contributed by atoms with van der Waals surface area (Å²) in [5.74, 6) is -5.62. The van der Waals surface area contributed by atoms with Gasteiger partial charge < -0.3 is 5.32 Å². The van der Waals surface area contributed by atoms with Gasteiger partial charge in [-0.05, 0) is 31.8 Å². The van der Waals surface area contributed by atoms with Gasteiger partial charge in [-0.1, -0.05) is 0 Å². The second-order valence-corrected chi connectivity index (χ2v) is 3.91. The summed E-state index contributed by atoms with van der Waals surface area (Å²) in [6, 6.07) is 0.245. The molecule has 2 rings (SSSR count). The molecule has 0 unspecified atom stereocenters. The fourth-order valence-electron chi connectivity index (χ4n) is 2.06. The second-order valence-electron chi connectivity index (χ2n) is 3.91. The quantitative estimate of drug-likeness (QED) is 0.581. The van der Waals surface area contributed by atoms with E-state index in [1.165, 1.54) is 0 Å². The average molecular weight is 233 g/mol. The monoisotopic (exact) mass is 233 g/mol. The Labute approximate surface area is 90.5 Å². The largest absolute Gasteiger partial charge is 0.317 e. The zero-order valence-electron chi connectivity index (χ0n) is 8.49. The van der Waals surface area contributed by atoms with Crippen LogP contribution in [0.3, 0.4) is 0 Å². The lowest BCUT2D eigenvalue weighted by Crippen LogP contribution is -2.28. The highest BCUT2D eigenvalue weighted by molar-refractivity contribution is 5.26. The molecule has 1 saturated heterocycles. The van der Waals surface area contributed by atoms with Crippen molar-refractivity contribution in [3.63, 3.8) is 0 Å². The van der Waals surface area contributed by atoms with Crippen LogP contribution in [-0.4, -0.2) is 13.1 Å². The third kappa shape index (κ3) is 1.91. The van der Waals surface area contributed by atoms with Crippen molar-refractivity contribution in [2.24, 2.45) is 0 Å². The number of piperidine rings is 1. The highest BCUT2D eigenvalue weighted by Gasteiger charge is 2.26. The van der Waals surface area contributed by atoms with E-state index in [1.807, 2.05) is 0 Å². The van der Waals surface area contributed by atoms with Gasteiger partial charge >= 0.3 is 0 Å². The van der Waals surface area contributed by atoms with E-state index >= 15 is 0 Å². The highest BCUT2D eigenvalue weighted by Crippen LogP contribution is 2.31. The van der Waals surface area contributed by atoms with Crippen LogP contribution in [0.2, 0.25) is 0 Å². The molecule has 1 fully saturated rings. The van der Waals surface area contributed by atoms with Gasteiger partial charge in [0.2, 0.25) is 0 Å². The Hall–Kier alpha value is -1.10. The molecule has 0 saturated carbocycles. The van der Waals surface area contributed by atoms with Crippen molar-refractivity contribution in [1.29, 1.82) is 0 Å². The molecule has 88 valence electrons. The molecule has 0 aromatic heterocycles. The van der Waals surface area contributed by atoms with Crippen LogP contribution < -0.4 is 5.32 Å². The fourth-order valence-corrected chi connectivity index (χ4v) is 2.06. The third-order valence-corrected chi connectivity index (χ3v) is 2.89. The van der Waals surface area contributed by atoms with Crippen LogP contribution in [0.1, 0.15) is 24.3 Å². The van der Waals surface area contributed by atoms with Crippen LogP contribution in [-0.2, 0) is 0 Å². The van der Waals surface area contributed by atoms with Crippen LogP contribution >= 0.6 is 0 Å². The predicted octanol–water partition coefficient (Wildman–Crippen LogP) is 2.71. The Morgan fingerprint density at radius 3 is 1.94 bits per heavy atom. The van der Waals surface area contributed by atoms with Crippen molar-refractivity contribution in [3.8, 4) is 0 Å². The lowest BCUT2D eigenvalue weighted by atomic mass is 9.89. The molecule has 0 bridgehead atoms. The molecule has 1 aromatic carbocycles. The number of rotatable bonds is 1. The van der Waals surface area contributed by atoms with Crippen LogP contribution in [0.4, 0.5) is 17.6 Å². The minimum absolute atomic E-state index is 0.245. The molecule has 5 heteroatoms. The molecule has 1 aliphatic heterocycles. The molecule has 0 aliphatic carbocycles. The van der Waals surface area contributed by atoms with Gasteiger partial charge in [0.1, 0.15) is 0 Å². The fraction of sp³-hybridized carbons (Fsp3) is 0.455. The van der Waals surface area contributed by atoms with Crippen LogP contribution in [0, 0.1) is 23.3 Å². The molecular formula is C11H11F4N. The van der Waals surface area contributed by atoms with Crippen molar-refractivity contribution in [1.82, 2.24) is 5.32 Å². The van der Waals surface area contributed by atoms with Crippen molar-refractivity contribution < 1.29 is 17.6 Å². The number of hydrogen-bond acceptors (Lipinski definition) is 1. The van der Waals surface area contributed by atoms with Crippen molar-refractivity contribution >= 4 is 0 Å². The predicted molar refractivity (Wildman–Crippen MR) is 51.1 cm³/mol. The number of hydrogen-bond donors (Lipinski definition) is 1. The van der Waals surface area contributed by atoms with Crippen LogP contribution in [0.25, 0.3) is 0 Å². The number of benzene rings is 1. The normalized spacial score (nSPS) is 17.8. The van der Waals surface area contributed by atoms with Crippen molar-refractivity contribution in [2.75, 3.05) is 13.1 Å². The summed E-state index contributed by atoms with van der Waals surface area (Å²) in [6.45, 7) is 1.20. The summed E-state index contributed by atoms with van der Waals surface area (Å²) in [5.41, 5.74) is -0.445. The molecule has 0 atom stereocenters. The first kappa shape index (κ1) is 11.4. The van der Waals surface area contributed by atoms with Gasteiger partial charge in [-0.25, -0.2) is 17.6 Å². The number of halogens is 4. The Bertz CT molecular complexity index is 373. The molecule has 16 heavy (non-hydrogen) atoms. The minimum Gasteiger partial charge on any atom is -0.317 e. The Morgan fingerprint density at radius 1 is 0.938 bits per heavy atom. The van der Waals surface area contributed by atoms with Gasteiger partial charge in [0.05, 0.1) is 0 Å². The topological polar surface area (TPSA) is 12.0 Å². The van der Waals surface area contributed by atoms with E-state index in [9.17, 15) is 17.6 Å². The lowest BCUT2D eigenvalue weighted by molar-refractivity contribution is 0.390. The maximum atomic E-state index is 13.4. The van der Waals surface area contributed by atoms with Crippen LogP contribution in [0.5, 0.6) is 0 Å². The molecule has 1 heterocycles. The van der Waals surface area contributed by atoms with E-state index < -0.39 is 34.8 Å². The maximum Gasteiger partial charge on any atom is 0.165 e. The Morgan fingerprint density at radius 2 is 1.44 bits per heavy atom. The van der Waals surface area contributed by atoms with Crippen LogP contribution in [0.15, 0.2) is 6.07 Å².